The van der Waals surface area contributed by atoms with Crippen LogP contribution in [0.4, 0.5) is 0 Å². The van der Waals surface area contributed by atoms with Crippen molar-refractivity contribution >= 4 is 18.0 Å². The Bertz CT molecular complexity index is 1200. The Balaban J connectivity index is 0.00000100. The van der Waals surface area contributed by atoms with Crippen LogP contribution in [0, 0.1) is 13.8 Å². The second-order valence-electron chi connectivity index (χ2n) is 8.54. The van der Waals surface area contributed by atoms with E-state index in [1.165, 1.54) is 13.2 Å². The van der Waals surface area contributed by atoms with Crippen molar-refractivity contribution in [3.05, 3.63) is 89.0 Å². The molecule has 0 aliphatic heterocycles. The number of benzene rings is 3. The number of amides is 1. The average Bonchev–Trinajstić information content (AvgIpc) is 2.79. The number of carbonyl (C=O) groups is 2. The van der Waals surface area contributed by atoms with Crippen LogP contribution in [0.2, 0.25) is 0 Å². The third-order valence-corrected chi connectivity index (χ3v) is 5.47. The van der Waals surface area contributed by atoms with Gasteiger partial charge in [-0.15, -0.1) is 0 Å². The predicted octanol–water partition coefficient (Wildman–Crippen LogP) is 5.56. The maximum Gasteiger partial charge on any atom is 0.292 e. The molecule has 0 bridgehead atoms. The molecule has 0 spiro atoms. The van der Waals surface area contributed by atoms with Crippen LogP contribution in [0.1, 0.15) is 46.5 Å². The zero-order valence-corrected chi connectivity index (χ0v) is 20.9. The monoisotopic (exact) mass is 475 g/mol. The SMILES string of the molecule is C=C(C)c1ccc(C)cc1-c1c(O)cc(C)c(C(=O)N[C@H](C)Cc2ccccc2)c1O.COC=O. The molecule has 0 radical (unpaired) electrons. The first-order valence-corrected chi connectivity index (χ1v) is 11.2. The maximum absolute atomic E-state index is 13.1. The fourth-order valence-electron chi connectivity index (χ4n) is 3.89. The van der Waals surface area contributed by atoms with Gasteiger partial charge in [0.05, 0.1) is 18.2 Å². The predicted molar refractivity (Wildman–Crippen MR) is 140 cm³/mol. The van der Waals surface area contributed by atoms with Crippen LogP contribution < -0.4 is 5.32 Å². The molecule has 0 fully saturated rings. The highest BCUT2D eigenvalue weighted by Gasteiger charge is 2.24. The third kappa shape index (κ3) is 6.96. The Morgan fingerprint density at radius 3 is 2.31 bits per heavy atom. The normalized spacial score (nSPS) is 11.0. The van der Waals surface area contributed by atoms with Crippen molar-refractivity contribution < 1.29 is 24.5 Å². The number of aromatic hydroxyl groups is 2. The van der Waals surface area contributed by atoms with E-state index >= 15 is 0 Å². The quantitative estimate of drug-likeness (QED) is 0.389. The van der Waals surface area contributed by atoms with Crippen molar-refractivity contribution in [1.29, 1.82) is 0 Å². The lowest BCUT2D eigenvalue weighted by molar-refractivity contribution is -0.126. The molecule has 0 saturated carbocycles. The lowest BCUT2D eigenvalue weighted by atomic mass is 9.90. The molecule has 1 amide bonds. The van der Waals surface area contributed by atoms with Gasteiger partial charge in [-0.05, 0) is 62.4 Å². The molecule has 35 heavy (non-hydrogen) atoms. The molecule has 0 unspecified atom stereocenters. The standard InChI is InChI=1S/C27H29NO3.C2H4O2/c1-16(2)21-12-11-17(3)13-22(21)25-23(29)14-18(4)24(26(25)30)27(31)28-19(5)15-20-9-7-6-8-10-20;1-4-2-3/h6-14,19,29-30H,1,15H2,2-5H3,(H,28,31);2H,1H3/t19-;/m1./s1. The van der Waals surface area contributed by atoms with Gasteiger partial charge in [0.2, 0.25) is 0 Å². The minimum absolute atomic E-state index is 0.0722. The van der Waals surface area contributed by atoms with Gasteiger partial charge in [-0.3, -0.25) is 9.59 Å². The molecule has 1 atom stereocenters. The number of aryl methyl sites for hydroxylation is 2. The molecule has 0 aliphatic rings. The van der Waals surface area contributed by atoms with E-state index in [2.05, 4.69) is 16.6 Å². The molecule has 3 aromatic carbocycles. The molecule has 3 N–H and O–H groups in total. The largest absolute Gasteiger partial charge is 0.507 e. The lowest BCUT2D eigenvalue weighted by Crippen LogP contribution is -2.34. The summed E-state index contributed by atoms with van der Waals surface area (Å²) in [6, 6.07) is 17.1. The molecule has 3 rings (SSSR count). The highest BCUT2D eigenvalue weighted by atomic mass is 16.5. The number of nitrogens with one attached hydrogen (secondary N) is 1. The van der Waals surface area contributed by atoms with E-state index in [9.17, 15) is 15.0 Å². The summed E-state index contributed by atoms with van der Waals surface area (Å²) in [4.78, 5) is 22.0. The van der Waals surface area contributed by atoms with Gasteiger partial charge in [-0.1, -0.05) is 66.2 Å². The second-order valence-corrected chi connectivity index (χ2v) is 8.54. The summed E-state index contributed by atoms with van der Waals surface area (Å²) in [6.07, 6.45) is 0.676. The topological polar surface area (TPSA) is 95.9 Å². The van der Waals surface area contributed by atoms with Crippen molar-refractivity contribution in [3.8, 4) is 22.6 Å². The molecule has 0 heterocycles. The van der Waals surface area contributed by atoms with Gasteiger partial charge in [0.1, 0.15) is 11.5 Å². The van der Waals surface area contributed by atoms with Crippen LogP contribution in [0.25, 0.3) is 16.7 Å². The summed E-state index contributed by atoms with van der Waals surface area (Å²) in [5.74, 6) is -0.670. The third-order valence-electron chi connectivity index (χ3n) is 5.47. The van der Waals surface area contributed by atoms with Crippen molar-refractivity contribution in [2.75, 3.05) is 7.11 Å². The van der Waals surface area contributed by atoms with Crippen LogP contribution in [-0.4, -0.2) is 35.7 Å². The Morgan fingerprint density at radius 2 is 1.74 bits per heavy atom. The molecule has 3 aromatic rings. The van der Waals surface area contributed by atoms with Crippen molar-refractivity contribution in [1.82, 2.24) is 5.32 Å². The number of allylic oxidation sites excluding steroid dienone is 1. The summed E-state index contributed by atoms with van der Waals surface area (Å²) in [7, 11) is 1.31. The average molecular weight is 476 g/mol. The second kappa shape index (κ2) is 12.4. The van der Waals surface area contributed by atoms with Crippen molar-refractivity contribution in [2.45, 2.75) is 40.2 Å². The van der Waals surface area contributed by atoms with E-state index < -0.39 is 0 Å². The smallest absolute Gasteiger partial charge is 0.292 e. The number of hydrogen-bond acceptors (Lipinski definition) is 5. The minimum atomic E-state index is -0.371. The molecular formula is C29H33NO5. The highest BCUT2D eigenvalue weighted by Crippen LogP contribution is 2.44. The number of carbonyl (C=O) groups excluding carboxylic acids is 2. The van der Waals surface area contributed by atoms with Crippen LogP contribution in [0.3, 0.4) is 0 Å². The van der Waals surface area contributed by atoms with Gasteiger partial charge in [0.15, 0.2) is 0 Å². The summed E-state index contributed by atoms with van der Waals surface area (Å²) >= 11 is 0. The van der Waals surface area contributed by atoms with Crippen molar-refractivity contribution in [3.63, 3.8) is 0 Å². The zero-order chi connectivity index (χ0) is 26.1. The molecule has 6 heteroatoms. The Morgan fingerprint density at radius 1 is 1.11 bits per heavy atom. The first-order chi connectivity index (χ1) is 16.6. The van der Waals surface area contributed by atoms with Gasteiger partial charge < -0.3 is 20.3 Å². The maximum atomic E-state index is 13.1. The molecule has 184 valence electrons. The van der Waals surface area contributed by atoms with Crippen LogP contribution in [0.5, 0.6) is 11.5 Å². The fraction of sp³-hybridized carbons (Fsp3) is 0.241. The number of ether oxygens (including phenoxy) is 1. The lowest BCUT2D eigenvalue weighted by Gasteiger charge is -2.19. The summed E-state index contributed by atoms with van der Waals surface area (Å²) in [5.41, 5.74) is 5.27. The number of hydrogen-bond donors (Lipinski definition) is 3. The minimum Gasteiger partial charge on any atom is -0.507 e. The number of methoxy groups -OCH3 is 1. The van der Waals surface area contributed by atoms with Crippen LogP contribution >= 0.6 is 0 Å². The number of phenols is 2. The molecule has 0 saturated heterocycles. The van der Waals surface area contributed by atoms with Crippen LogP contribution in [-0.2, 0) is 16.0 Å². The first-order valence-electron chi connectivity index (χ1n) is 11.2. The summed E-state index contributed by atoms with van der Waals surface area (Å²) in [6.45, 7) is 11.8. The van der Waals surface area contributed by atoms with E-state index in [1.807, 2.05) is 69.3 Å². The van der Waals surface area contributed by atoms with E-state index in [0.717, 1.165) is 22.3 Å². The van der Waals surface area contributed by atoms with Gasteiger partial charge in [0, 0.05) is 6.04 Å². The summed E-state index contributed by atoms with van der Waals surface area (Å²) < 4.78 is 3.86. The van der Waals surface area contributed by atoms with Gasteiger partial charge in [-0.2, -0.15) is 0 Å². The van der Waals surface area contributed by atoms with E-state index in [-0.39, 0.29) is 34.6 Å². The van der Waals surface area contributed by atoms with E-state index in [1.54, 1.807) is 6.92 Å². The Labute approximate surface area is 206 Å². The number of phenolic OH excluding ortho intramolecular Hbond substituents is 2. The van der Waals surface area contributed by atoms with Gasteiger partial charge >= 0.3 is 0 Å². The van der Waals surface area contributed by atoms with Gasteiger partial charge in [0.25, 0.3) is 12.4 Å². The fourth-order valence-corrected chi connectivity index (χ4v) is 3.89. The molecule has 6 nitrogen and oxygen atoms in total. The van der Waals surface area contributed by atoms with E-state index in [0.29, 0.717) is 24.0 Å². The molecule has 0 aromatic heterocycles. The van der Waals surface area contributed by atoms with E-state index in [4.69, 9.17) is 4.79 Å². The zero-order valence-electron chi connectivity index (χ0n) is 20.9. The van der Waals surface area contributed by atoms with Gasteiger partial charge in [-0.25, -0.2) is 0 Å². The van der Waals surface area contributed by atoms with Crippen LogP contribution in [0.15, 0.2) is 61.2 Å². The molecular weight excluding hydrogens is 442 g/mol. The number of rotatable bonds is 7. The Hall–Kier alpha value is -4.06. The van der Waals surface area contributed by atoms with Crippen molar-refractivity contribution in [2.24, 2.45) is 0 Å². The summed E-state index contributed by atoms with van der Waals surface area (Å²) in [5, 5.41) is 24.8. The Kier molecular flexibility index (Phi) is 9.64. The molecule has 0 aliphatic carbocycles. The first kappa shape index (κ1) is 27.2. The highest BCUT2D eigenvalue weighted by molar-refractivity contribution is 6.02.